The number of nitrogens with one attached hydrogen (secondary N) is 1. The molecular formula is C39H42F6N4O4S. The normalized spacial score (nSPS) is 17.4. The van der Waals surface area contributed by atoms with Gasteiger partial charge in [0.25, 0.3) is 5.91 Å². The van der Waals surface area contributed by atoms with Crippen molar-refractivity contribution in [2.75, 3.05) is 39.0 Å². The number of hydrogen-bond donors (Lipinski definition) is 1. The summed E-state index contributed by atoms with van der Waals surface area (Å²) in [5.74, 6) is -1.31. The first-order chi connectivity index (χ1) is 25.5. The summed E-state index contributed by atoms with van der Waals surface area (Å²) in [5, 5.41) is 2.06. The Balaban J connectivity index is 1.57. The maximum Gasteiger partial charge on any atom is 0.416 e. The lowest BCUT2D eigenvalue weighted by Gasteiger charge is -2.40. The second-order valence-electron chi connectivity index (χ2n) is 13.9. The molecule has 1 atom stereocenters. The van der Waals surface area contributed by atoms with Crippen molar-refractivity contribution in [3.05, 3.63) is 89.0 Å². The molecule has 2 aliphatic heterocycles. The molecule has 2 fully saturated rings. The monoisotopic (exact) mass is 776 g/mol. The van der Waals surface area contributed by atoms with Crippen molar-refractivity contribution < 1.29 is 44.3 Å². The van der Waals surface area contributed by atoms with Gasteiger partial charge in [-0.25, -0.2) is 13.4 Å². The zero-order valence-electron chi connectivity index (χ0n) is 29.9. The first-order valence-electron chi connectivity index (χ1n) is 17.9. The molecule has 1 N–H and O–H groups in total. The van der Waals surface area contributed by atoms with Crippen LogP contribution in [0.1, 0.15) is 72.1 Å². The molecule has 54 heavy (non-hydrogen) atoms. The Morgan fingerprint density at radius 3 is 2.22 bits per heavy atom. The lowest BCUT2D eigenvalue weighted by molar-refractivity contribution is -0.155. The number of likely N-dealkylation sites (tertiary alicyclic amines) is 2. The summed E-state index contributed by atoms with van der Waals surface area (Å²) in [5.41, 5.74) is -1.57. The molecule has 2 aliphatic rings. The predicted octanol–water partition coefficient (Wildman–Crippen LogP) is 8.21. The SMILES string of the molecule is CCOc1cc2nc(-c3cccc(C(F)(F)F)c3)c(CN3CCC(N4CCCCC4)CC3)c(C(=O)N[C@H](c3ccccc3)C(F)(F)F)c2cc1S(C)(=O)=O. The number of carbonyl (C=O) groups excluding carboxylic acids is 1. The number of fused-ring (bicyclic) bond motifs is 1. The third-order valence-corrected chi connectivity index (χ3v) is 11.2. The van der Waals surface area contributed by atoms with Crippen molar-refractivity contribution in [1.29, 1.82) is 0 Å². The smallest absolute Gasteiger partial charge is 0.416 e. The van der Waals surface area contributed by atoms with E-state index in [1.165, 1.54) is 55.0 Å². The maximum absolute atomic E-state index is 14.7. The second kappa shape index (κ2) is 15.9. The molecular weight excluding hydrogens is 735 g/mol. The van der Waals surface area contributed by atoms with Crippen LogP contribution in [0, 0.1) is 0 Å². The van der Waals surface area contributed by atoms with E-state index in [1.807, 2.05) is 4.90 Å². The van der Waals surface area contributed by atoms with Gasteiger partial charge in [-0.15, -0.1) is 0 Å². The average Bonchev–Trinajstić information content (AvgIpc) is 3.13. The zero-order valence-corrected chi connectivity index (χ0v) is 30.8. The number of alkyl halides is 6. The van der Waals surface area contributed by atoms with Crippen LogP contribution in [0.3, 0.4) is 0 Å². The summed E-state index contributed by atoms with van der Waals surface area (Å²) in [6.07, 6.45) is -3.77. The molecule has 0 unspecified atom stereocenters. The third-order valence-electron chi connectivity index (χ3n) is 10.1. The number of ether oxygens (including phenoxy) is 1. The predicted molar refractivity (Wildman–Crippen MR) is 193 cm³/mol. The molecule has 0 saturated carbocycles. The van der Waals surface area contributed by atoms with Gasteiger partial charge in [-0.05, 0) is 82.5 Å². The van der Waals surface area contributed by atoms with Crippen LogP contribution >= 0.6 is 0 Å². The molecule has 290 valence electrons. The molecule has 15 heteroatoms. The van der Waals surface area contributed by atoms with E-state index in [2.05, 4.69) is 10.2 Å². The lowest BCUT2D eigenvalue weighted by Crippen LogP contribution is -2.46. The highest BCUT2D eigenvalue weighted by molar-refractivity contribution is 7.90. The minimum atomic E-state index is -4.94. The number of piperidine rings is 2. The number of benzene rings is 3. The first kappa shape index (κ1) is 39.5. The average molecular weight is 777 g/mol. The standard InChI is InChI=1S/C39H42F6N4O4S/c1-3-53-32-23-31-29(22-33(32)54(2,51)52)34(37(50)47-36(39(43,44)45)25-11-6-4-7-12-25)30(35(46-31)26-13-10-14-27(21-26)38(40,41)42)24-48-19-15-28(16-20-48)49-17-8-5-9-18-49/h4,6-7,10-14,21-23,28,36H,3,5,8-9,15-20,24H2,1-2H3,(H,47,50)/t36-/m1/s1. The van der Waals surface area contributed by atoms with Crippen LogP contribution in [-0.2, 0) is 22.6 Å². The van der Waals surface area contributed by atoms with Gasteiger partial charge in [0, 0.05) is 41.4 Å². The van der Waals surface area contributed by atoms with Crippen molar-refractivity contribution >= 4 is 26.6 Å². The summed E-state index contributed by atoms with van der Waals surface area (Å²) in [4.78, 5) is 23.5. The van der Waals surface area contributed by atoms with E-state index < -0.39 is 39.7 Å². The number of nitrogens with zero attached hydrogens (tertiary/aromatic N) is 3. The Kier molecular flexibility index (Phi) is 11.6. The van der Waals surface area contributed by atoms with Gasteiger partial charge in [-0.2, -0.15) is 26.3 Å². The molecule has 8 nitrogen and oxygen atoms in total. The molecule has 0 radical (unpaired) electrons. The summed E-state index contributed by atoms with van der Waals surface area (Å²) < 4.78 is 118. The second-order valence-corrected chi connectivity index (χ2v) is 15.9. The van der Waals surface area contributed by atoms with Crippen molar-refractivity contribution in [2.24, 2.45) is 0 Å². The Morgan fingerprint density at radius 1 is 0.926 bits per heavy atom. The number of rotatable bonds is 10. The van der Waals surface area contributed by atoms with E-state index >= 15 is 0 Å². The number of sulfone groups is 1. The number of pyridine rings is 1. The molecule has 0 spiro atoms. The van der Waals surface area contributed by atoms with Crippen LogP contribution in [0.2, 0.25) is 0 Å². The minimum absolute atomic E-state index is 0.0143. The van der Waals surface area contributed by atoms with Crippen LogP contribution in [0.15, 0.2) is 71.6 Å². The van der Waals surface area contributed by atoms with Crippen LogP contribution in [-0.4, -0.2) is 80.4 Å². The van der Waals surface area contributed by atoms with Crippen LogP contribution in [0.25, 0.3) is 22.2 Å². The Morgan fingerprint density at radius 2 is 1.61 bits per heavy atom. The van der Waals surface area contributed by atoms with Gasteiger partial charge in [-0.3, -0.25) is 9.69 Å². The highest BCUT2D eigenvalue weighted by Gasteiger charge is 2.43. The fraction of sp³-hybridized carbons (Fsp3) is 0.436. The molecule has 1 aromatic heterocycles. The van der Waals surface area contributed by atoms with Crippen LogP contribution < -0.4 is 10.1 Å². The van der Waals surface area contributed by atoms with E-state index in [1.54, 1.807) is 6.92 Å². The summed E-state index contributed by atoms with van der Waals surface area (Å²) >= 11 is 0. The minimum Gasteiger partial charge on any atom is -0.492 e. The van der Waals surface area contributed by atoms with Crippen LogP contribution in [0.4, 0.5) is 26.3 Å². The van der Waals surface area contributed by atoms with E-state index in [-0.39, 0.29) is 62.6 Å². The quantitative estimate of drug-likeness (QED) is 0.163. The molecule has 6 rings (SSSR count). The number of amides is 1. The highest BCUT2D eigenvalue weighted by atomic mass is 32.2. The van der Waals surface area contributed by atoms with E-state index in [4.69, 9.17) is 9.72 Å². The largest absolute Gasteiger partial charge is 0.492 e. The fourth-order valence-corrected chi connectivity index (χ4v) is 8.33. The van der Waals surface area contributed by atoms with E-state index in [0.29, 0.717) is 19.1 Å². The van der Waals surface area contributed by atoms with Gasteiger partial charge >= 0.3 is 12.4 Å². The van der Waals surface area contributed by atoms with Crippen molar-refractivity contribution in [3.63, 3.8) is 0 Å². The Bertz CT molecular complexity index is 2080. The van der Waals surface area contributed by atoms with Crippen molar-refractivity contribution in [3.8, 4) is 17.0 Å². The molecule has 0 bridgehead atoms. The summed E-state index contributed by atoms with van der Waals surface area (Å²) in [6, 6.07) is 11.4. The van der Waals surface area contributed by atoms with E-state index in [9.17, 15) is 39.6 Å². The molecule has 3 aromatic carbocycles. The molecule has 2 saturated heterocycles. The van der Waals surface area contributed by atoms with Gasteiger partial charge < -0.3 is 15.0 Å². The number of halogens is 6. The third kappa shape index (κ3) is 8.84. The van der Waals surface area contributed by atoms with Gasteiger partial charge in [-0.1, -0.05) is 48.9 Å². The number of carbonyl (C=O) groups is 1. The number of hydrogen-bond acceptors (Lipinski definition) is 7. The lowest BCUT2D eigenvalue weighted by atomic mass is 9.93. The number of aromatic nitrogens is 1. The highest BCUT2D eigenvalue weighted by Crippen LogP contribution is 2.40. The molecule has 4 aromatic rings. The Labute approximate surface area is 310 Å². The molecule has 1 amide bonds. The zero-order chi connectivity index (χ0) is 38.8. The van der Waals surface area contributed by atoms with Crippen molar-refractivity contribution in [1.82, 2.24) is 20.1 Å². The fourth-order valence-electron chi connectivity index (χ4n) is 7.52. The Hall–Kier alpha value is -4.21. The van der Waals surface area contributed by atoms with Gasteiger partial charge in [0.2, 0.25) is 0 Å². The summed E-state index contributed by atoms with van der Waals surface area (Å²) in [7, 11) is -4.02. The molecule has 0 aliphatic carbocycles. The molecule has 3 heterocycles. The summed E-state index contributed by atoms with van der Waals surface area (Å²) in [6.45, 7) is 4.71. The van der Waals surface area contributed by atoms with Crippen LogP contribution in [0.5, 0.6) is 5.75 Å². The topological polar surface area (TPSA) is 91.8 Å². The van der Waals surface area contributed by atoms with E-state index in [0.717, 1.165) is 63.2 Å². The van der Waals surface area contributed by atoms with Crippen molar-refractivity contribution in [2.45, 2.75) is 74.9 Å². The maximum atomic E-state index is 14.7. The van der Waals surface area contributed by atoms with Gasteiger partial charge in [0.05, 0.1) is 28.9 Å². The van der Waals surface area contributed by atoms with Gasteiger partial charge in [0.15, 0.2) is 15.9 Å². The first-order valence-corrected chi connectivity index (χ1v) is 19.8. The van der Waals surface area contributed by atoms with Gasteiger partial charge in [0.1, 0.15) is 10.6 Å².